The molecule has 3 unspecified atom stereocenters. The van der Waals surface area contributed by atoms with Crippen molar-refractivity contribution in [2.75, 3.05) is 0 Å². The first-order valence-electron chi connectivity index (χ1n) is 6.40. The van der Waals surface area contributed by atoms with Crippen molar-refractivity contribution in [3.05, 3.63) is 29.8 Å². The molecular weight excluding hydrogens is 246 g/mol. The van der Waals surface area contributed by atoms with Crippen molar-refractivity contribution in [3.8, 4) is 5.75 Å². The predicted octanol–water partition coefficient (Wildman–Crippen LogP) is 2.36. The van der Waals surface area contributed by atoms with Crippen LogP contribution in [0.1, 0.15) is 24.8 Å². The van der Waals surface area contributed by atoms with E-state index in [-0.39, 0.29) is 6.10 Å². The van der Waals surface area contributed by atoms with Crippen molar-refractivity contribution >= 4 is 16.8 Å². The summed E-state index contributed by atoms with van der Waals surface area (Å²) in [6.07, 6.45) is 3.48. The van der Waals surface area contributed by atoms with Gasteiger partial charge in [0, 0.05) is 11.7 Å². The number of aliphatic imine (C=N–C) groups is 1. The number of benzene rings is 1. The molecule has 1 aliphatic carbocycles. The lowest BCUT2D eigenvalue weighted by atomic mass is 9.93. The number of aliphatic hydroxyl groups excluding tert-OH is 1. The number of thioether (sulfide) groups is 1. The number of fused-ring (bicyclic) bond motifs is 1. The van der Waals surface area contributed by atoms with Gasteiger partial charge in [0.1, 0.15) is 5.75 Å². The lowest BCUT2D eigenvalue weighted by Gasteiger charge is -2.26. The van der Waals surface area contributed by atoms with Crippen molar-refractivity contribution < 1.29 is 10.2 Å². The second kappa shape index (κ2) is 4.94. The molecule has 1 fully saturated rings. The summed E-state index contributed by atoms with van der Waals surface area (Å²) in [7, 11) is 0. The monoisotopic (exact) mass is 263 g/mol. The van der Waals surface area contributed by atoms with E-state index in [1.54, 1.807) is 12.1 Å². The Kier molecular flexibility index (Phi) is 3.31. The van der Waals surface area contributed by atoms with Crippen LogP contribution >= 0.6 is 11.8 Å². The Morgan fingerprint density at radius 1 is 1.22 bits per heavy atom. The molecule has 0 bridgehead atoms. The second-order valence-electron chi connectivity index (χ2n) is 5.06. The molecule has 1 saturated carbocycles. The third-order valence-electron chi connectivity index (χ3n) is 3.62. The van der Waals surface area contributed by atoms with Gasteiger partial charge in [0.25, 0.3) is 0 Å². The van der Waals surface area contributed by atoms with Gasteiger partial charge in [0.2, 0.25) is 0 Å². The molecule has 1 heterocycles. The quantitative estimate of drug-likeness (QED) is 0.861. The summed E-state index contributed by atoms with van der Waals surface area (Å²) >= 11 is 1.82. The van der Waals surface area contributed by atoms with Crippen LogP contribution in [0, 0.1) is 0 Å². The smallest absolute Gasteiger partial charge is 0.115 e. The molecule has 3 nitrogen and oxygen atoms in total. The van der Waals surface area contributed by atoms with E-state index in [1.807, 2.05) is 23.9 Å². The predicted molar refractivity (Wildman–Crippen MR) is 74.3 cm³/mol. The normalized spacial score (nSPS) is 30.9. The molecule has 0 amide bonds. The Morgan fingerprint density at radius 2 is 2.00 bits per heavy atom. The van der Waals surface area contributed by atoms with Gasteiger partial charge in [-0.05, 0) is 37.0 Å². The number of aromatic hydroxyl groups is 1. The maximum absolute atomic E-state index is 9.67. The molecule has 0 aromatic heterocycles. The number of hydrogen-bond acceptors (Lipinski definition) is 4. The molecule has 1 aliphatic heterocycles. The standard InChI is InChI=1S/C14H17NO2S/c16-10-3-1-9(2-4-10)7-14-15-12-6-5-11(17)8-13(12)18-14/h1-4,11-13,16-17H,5-8H2. The average molecular weight is 263 g/mol. The van der Waals surface area contributed by atoms with Crippen LogP contribution in [0.25, 0.3) is 0 Å². The van der Waals surface area contributed by atoms with E-state index in [9.17, 15) is 10.2 Å². The lowest BCUT2D eigenvalue weighted by Crippen LogP contribution is -2.30. The van der Waals surface area contributed by atoms with Crippen LogP contribution in [0.3, 0.4) is 0 Å². The Bertz CT molecular complexity index is 457. The van der Waals surface area contributed by atoms with Crippen molar-refractivity contribution in [2.24, 2.45) is 4.99 Å². The number of phenolic OH excluding ortho intramolecular Hbond substituents is 1. The van der Waals surface area contributed by atoms with Gasteiger partial charge < -0.3 is 10.2 Å². The molecule has 18 heavy (non-hydrogen) atoms. The third-order valence-corrected chi connectivity index (χ3v) is 4.95. The van der Waals surface area contributed by atoms with Gasteiger partial charge in [-0.1, -0.05) is 12.1 Å². The van der Waals surface area contributed by atoms with Crippen molar-refractivity contribution in [3.63, 3.8) is 0 Å². The van der Waals surface area contributed by atoms with E-state index in [4.69, 9.17) is 4.99 Å². The molecule has 1 aromatic rings. The number of phenols is 1. The van der Waals surface area contributed by atoms with Gasteiger partial charge in [-0.25, -0.2) is 0 Å². The number of hydrogen-bond donors (Lipinski definition) is 2. The molecule has 96 valence electrons. The molecule has 2 N–H and O–H groups in total. The SMILES string of the molecule is Oc1ccc(CC2=NC3CCC(O)CC3S2)cc1. The van der Waals surface area contributed by atoms with Crippen LogP contribution in [-0.2, 0) is 6.42 Å². The van der Waals surface area contributed by atoms with Crippen molar-refractivity contribution in [2.45, 2.75) is 43.1 Å². The van der Waals surface area contributed by atoms with Crippen LogP contribution in [0.4, 0.5) is 0 Å². The van der Waals surface area contributed by atoms with E-state index in [0.717, 1.165) is 25.7 Å². The van der Waals surface area contributed by atoms with Crippen LogP contribution in [0.5, 0.6) is 5.75 Å². The summed E-state index contributed by atoms with van der Waals surface area (Å²) < 4.78 is 0. The van der Waals surface area contributed by atoms with Crippen molar-refractivity contribution in [1.29, 1.82) is 0 Å². The van der Waals surface area contributed by atoms with Gasteiger partial charge in [0.05, 0.1) is 17.2 Å². The molecule has 3 rings (SSSR count). The van der Waals surface area contributed by atoms with Crippen LogP contribution < -0.4 is 0 Å². The molecular formula is C14H17NO2S. The van der Waals surface area contributed by atoms with Crippen LogP contribution in [0.2, 0.25) is 0 Å². The zero-order valence-corrected chi connectivity index (χ0v) is 10.9. The fourth-order valence-electron chi connectivity index (χ4n) is 2.63. The van der Waals surface area contributed by atoms with Crippen LogP contribution in [0.15, 0.2) is 29.3 Å². The minimum atomic E-state index is -0.137. The Labute approximate surface area is 111 Å². The van der Waals surface area contributed by atoms with Gasteiger partial charge in [-0.3, -0.25) is 4.99 Å². The van der Waals surface area contributed by atoms with E-state index < -0.39 is 0 Å². The summed E-state index contributed by atoms with van der Waals surface area (Å²) in [5.74, 6) is 0.302. The van der Waals surface area contributed by atoms with E-state index >= 15 is 0 Å². The fraction of sp³-hybridized carbons (Fsp3) is 0.500. The Hall–Kier alpha value is -1.00. The number of rotatable bonds is 2. The number of nitrogens with zero attached hydrogens (tertiary/aromatic N) is 1. The topological polar surface area (TPSA) is 52.8 Å². The molecule has 0 spiro atoms. The zero-order chi connectivity index (χ0) is 12.5. The highest BCUT2D eigenvalue weighted by atomic mass is 32.2. The average Bonchev–Trinajstić information content (AvgIpc) is 2.73. The number of aliphatic hydroxyl groups is 1. The minimum absolute atomic E-state index is 0.137. The second-order valence-corrected chi connectivity index (χ2v) is 6.37. The Morgan fingerprint density at radius 3 is 2.78 bits per heavy atom. The van der Waals surface area contributed by atoms with E-state index in [2.05, 4.69) is 0 Å². The first-order chi connectivity index (χ1) is 8.70. The molecule has 0 saturated heterocycles. The third kappa shape index (κ3) is 2.54. The molecule has 0 radical (unpaired) electrons. The summed E-state index contributed by atoms with van der Waals surface area (Å²) in [4.78, 5) is 4.77. The summed E-state index contributed by atoms with van der Waals surface area (Å²) in [6, 6.07) is 7.72. The molecule has 3 atom stereocenters. The minimum Gasteiger partial charge on any atom is -0.508 e. The largest absolute Gasteiger partial charge is 0.508 e. The fourth-order valence-corrected chi connectivity index (χ4v) is 4.10. The highest BCUT2D eigenvalue weighted by Crippen LogP contribution is 2.38. The maximum atomic E-state index is 9.67. The highest BCUT2D eigenvalue weighted by molar-refractivity contribution is 8.14. The lowest BCUT2D eigenvalue weighted by molar-refractivity contribution is 0.127. The van der Waals surface area contributed by atoms with Gasteiger partial charge in [-0.2, -0.15) is 0 Å². The summed E-state index contributed by atoms with van der Waals surface area (Å²) in [6.45, 7) is 0. The molecule has 1 aromatic carbocycles. The molecule has 4 heteroatoms. The Balaban J connectivity index is 1.66. The first-order valence-corrected chi connectivity index (χ1v) is 7.28. The van der Waals surface area contributed by atoms with Gasteiger partial charge >= 0.3 is 0 Å². The van der Waals surface area contributed by atoms with Gasteiger partial charge in [0.15, 0.2) is 0 Å². The summed E-state index contributed by atoms with van der Waals surface area (Å²) in [5, 5.41) is 20.6. The van der Waals surface area contributed by atoms with Crippen molar-refractivity contribution in [1.82, 2.24) is 0 Å². The van der Waals surface area contributed by atoms with E-state index in [0.29, 0.717) is 17.0 Å². The maximum Gasteiger partial charge on any atom is 0.115 e. The van der Waals surface area contributed by atoms with Crippen LogP contribution in [-0.4, -0.2) is 32.7 Å². The zero-order valence-electron chi connectivity index (χ0n) is 10.1. The highest BCUT2D eigenvalue weighted by Gasteiger charge is 2.35. The first kappa shape index (κ1) is 12.1. The van der Waals surface area contributed by atoms with Gasteiger partial charge in [-0.15, -0.1) is 11.8 Å². The van der Waals surface area contributed by atoms with E-state index in [1.165, 1.54) is 10.6 Å². The summed E-state index contributed by atoms with van der Waals surface area (Å²) in [5.41, 5.74) is 1.18. The molecule has 2 aliphatic rings.